The first kappa shape index (κ1) is 19.3. The molecule has 0 unspecified atom stereocenters. The number of fused-ring (bicyclic) bond motifs is 1. The van der Waals surface area contributed by atoms with Gasteiger partial charge in [-0.2, -0.15) is 18.3 Å². The summed E-state index contributed by atoms with van der Waals surface area (Å²) in [5.41, 5.74) is -0.228. The Bertz CT molecular complexity index is 1120. The Morgan fingerprint density at radius 2 is 1.76 bits per heavy atom. The number of nitrogens with one attached hydrogen (secondary N) is 1. The first-order valence-corrected chi connectivity index (χ1v) is 9.92. The zero-order valence-electron chi connectivity index (χ0n) is 14.7. The van der Waals surface area contributed by atoms with E-state index in [0.29, 0.717) is 16.9 Å². The Hall–Kier alpha value is -3.01. The summed E-state index contributed by atoms with van der Waals surface area (Å²) in [5.74, 6) is -1.03. The molecule has 0 fully saturated rings. The molecule has 5 nitrogen and oxygen atoms in total. The van der Waals surface area contributed by atoms with Crippen molar-refractivity contribution < 1.29 is 26.6 Å². The monoisotopic (exact) mass is 423 g/mol. The quantitative estimate of drug-likeness (QED) is 0.647. The Kier molecular flexibility index (Phi) is 4.73. The van der Waals surface area contributed by atoms with Crippen molar-refractivity contribution in [1.82, 2.24) is 9.78 Å². The number of amides is 1. The third kappa shape index (κ3) is 3.67. The van der Waals surface area contributed by atoms with Crippen molar-refractivity contribution in [3.8, 4) is 5.69 Å². The Balaban J connectivity index is 1.77. The maximum atomic E-state index is 13.3. The standard InChI is InChI=1S/C19H13F4N3O2S/c20-11-5-7-12(8-6-11)26-17(14-9-29(28)10-16(14)25-26)24-18(27)13-3-1-2-4-15(13)19(21,22)23/h1-8H,9-10H2,(H,24,27)/t29-/m1/s1. The Morgan fingerprint density at radius 3 is 2.45 bits per heavy atom. The molecule has 3 aromatic rings. The molecular formula is C19H13F4N3O2S. The molecule has 1 aliphatic rings. The zero-order valence-corrected chi connectivity index (χ0v) is 15.5. The van der Waals surface area contributed by atoms with E-state index in [-0.39, 0.29) is 17.3 Å². The van der Waals surface area contributed by atoms with Gasteiger partial charge in [0.1, 0.15) is 11.6 Å². The smallest absolute Gasteiger partial charge is 0.306 e. The van der Waals surface area contributed by atoms with Crippen LogP contribution in [0.3, 0.4) is 0 Å². The molecular weight excluding hydrogens is 410 g/mol. The molecule has 1 aromatic heterocycles. The summed E-state index contributed by atoms with van der Waals surface area (Å²) in [5, 5.41) is 6.81. The molecule has 1 aliphatic heterocycles. The molecule has 0 radical (unpaired) electrons. The number of benzene rings is 2. The lowest BCUT2D eigenvalue weighted by atomic mass is 10.1. The third-order valence-corrected chi connectivity index (χ3v) is 5.66. The molecule has 150 valence electrons. The fraction of sp³-hybridized carbons (Fsp3) is 0.158. The van der Waals surface area contributed by atoms with Crippen molar-refractivity contribution in [2.45, 2.75) is 17.7 Å². The lowest BCUT2D eigenvalue weighted by Gasteiger charge is -2.14. The topological polar surface area (TPSA) is 64.0 Å². The number of anilines is 1. The van der Waals surface area contributed by atoms with E-state index in [1.54, 1.807) is 0 Å². The van der Waals surface area contributed by atoms with Crippen LogP contribution in [-0.2, 0) is 28.5 Å². The number of carbonyl (C=O) groups excluding carboxylic acids is 1. The summed E-state index contributed by atoms with van der Waals surface area (Å²) in [6, 6.07) is 9.68. The molecule has 0 aliphatic carbocycles. The fourth-order valence-corrected chi connectivity index (χ4v) is 4.39. The van der Waals surface area contributed by atoms with Crippen LogP contribution in [0.25, 0.3) is 5.69 Å². The van der Waals surface area contributed by atoms with E-state index < -0.39 is 39.8 Å². The third-order valence-electron chi connectivity index (χ3n) is 4.45. The van der Waals surface area contributed by atoms with E-state index in [1.807, 2.05) is 0 Å². The van der Waals surface area contributed by atoms with Crippen LogP contribution in [0.1, 0.15) is 27.2 Å². The Labute approximate surface area is 164 Å². The molecule has 29 heavy (non-hydrogen) atoms. The fourth-order valence-electron chi connectivity index (χ4n) is 3.13. The molecule has 10 heteroatoms. The summed E-state index contributed by atoms with van der Waals surface area (Å²) in [7, 11) is -1.21. The van der Waals surface area contributed by atoms with Crippen LogP contribution >= 0.6 is 0 Å². The summed E-state index contributed by atoms with van der Waals surface area (Å²) < 4.78 is 66.3. The second-order valence-electron chi connectivity index (χ2n) is 6.39. The van der Waals surface area contributed by atoms with Gasteiger partial charge in [-0.15, -0.1) is 0 Å². The lowest BCUT2D eigenvalue weighted by molar-refractivity contribution is -0.137. The van der Waals surface area contributed by atoms with Crippen LogP contribution in [0.4, 0.5) is 23.4 Å². The average Bonchev–Trinajstić information content (AvgIpc) is 3.19. The van der Waals surface area contributed by atoms with Gasteiger partial charge in [-0.25, -0.2) is 9.07 Å². The Morgan fingerprint density at radius 1 is 1.07 bits per heavy atom. The van der Waals surface area contributed by atoms with Gasteiger partial charge >= 0.3 is 6.18 Å². The molecule has 2 heterocycles. The summed E-state index contributed by atoms with van der Waals surface area (Å²) in [6.45, 7) is 0. The minimum Gasteiger partial charge on any atom is -0.306 e. The average molecular weight is 423 g/mol. The van der Waals surface area contributed by atoms with Crippen molar-refractivity contribution in [1.29, 1.82) is 0 Å². The van der Waals surface area contributed by atoms with Crippen LogP contribution < -0.4 is 5.32 Å². The van der Waals surface area contributed by atoms with Crippen LogP contribution in [-0.4, -0.2) is 19.9 Å². The SMILES string of the molecule is O=C(Nc1c2c(nn1-c1ccc(F)cc1)C[S@](=O)C2)c1ccccc1C(F)(F)F. The van der Waals surface area contributed by atoms with Crippen molar-refractivity contribution in [3.05, 3.63) is 76.7 Å². The summed E-state index contributed by atoms with van der Waals surface area (Å²) >= 11 is 0. The van der Waals surface area contributed by atoms with Gasteiger partial charge in [-0.05, 0) is 36.4 Å². The summed E-state index contributed by atoms with van der Waals surface area (Å²) in [4.78, 5) is 12.7. The van der Waals surface area contributed by atoms with Gasteiger partial charge in [0, 0.05) is 16.4 Å². The van der Waals surface area contributed by atoms with Gasteiger partial charge in [0.25, 0.3) is 5.91 Å². The molecule has 2 aromatic carbocycles. The highest BCUT2D eigenvalue weighted by Crippen LogP contribution is 2.34. The molecule has 0 bridgehead atoms. The number of aromatic nitrogens is 2. The van der Waals surface area contributed by atoms with Crippen molar-refractivity contribution >= 4 is 22.5 Å². The number of nitrogens with zero attached hydrogens (tertiary/aromatic N) is 2. The van der Waals surface area contributed by atoms with Gasteiger partial charge in [0.05, 0.1) is 34.0 Å². The first-order chi connectivity index (χ1) is 13.7. The van der Waals surface area contributed by atoms with Crippen LogP contribution in [0.15, 0.2) is 48.5 Å². The molecule has 0 saturated carbocycles. The maximum Gasteiger partial charge on any atom is 0.417 e. The van der Waals surface area contributed by atoms with Crippen LogP contribution in [0.5, 0.6) is 0 Å². The highest BCUT2D eigenvalue weighted by atomic mass is 32.2. The maximum absolute atomic E-state index is 13.3. The van der Waals surface area contributed by atoms with Gasteiger partial charge in [0.2, 0.25) is 0 Å². The van der Waals surface area contributed by atoms with Crippen LogP contribution in [0, 0.1) is 5.82 Å². The van der Waals surface area contributed by atoms with E-state index in [2.05, 4.69) is 10.4 Å². The predicted octanol–water partition coefficient (Wildman–Crippen LogP) is 4.04. The van der Waals surface area contributed by atoms with E-state index in [4.69, 9.17) is 0 Å². The molecule has 1 N–H and O–H groups in total. The molecule has 4 rings (SSSR count). The normalized spacial score (nSPS) is 15.9. The lowest BCUT2D eigenvalue weighted by Crippen LogP contribution is -2.21. The minimum absolute atomic E-state index is 0.118. The number of hydrogen-bond donors (Lipinski definition) is 1. The highest BCUT2D eigenvalue weighted by Gasteiger charge is 2.36. The number of carbonyl (C=O) groups is 1. The molecule has 1 atom stereocenters. The molecule has 1 amide bonds. The van der Waals surface area contributed by atoms with Gasteiger partial charge in [0.15, 0.2) is 0 Å². The largest absolute Gasteiger partial charge is 0.417 e. The van der Waals surface area contributed by atoms with E-state index in [1.165, 1.54) is 41.1 Å². The second-order valence-corrected chi connectivity index (χ2v) is 7.85. The highest BCUT2D eigenvalue weighted by molar-refractivity contribution is 7.83. The van der Waals surface area contributed by atoms with Crippen molar-refractivity contribution in [2.24, 2.45) is 0 Å². The molecule has 0 spiro atoms. The van der Waals surface area contributed by atoms with E-state index >= 15 is 0 Å². The minimum atomic E-state index is -4.70. The zero-order chi connectivity index (χ0) is 20.8. The number of alkyl halides is 3. The molecule has 0 saturated heterocycles. The van der Waals surface area contributed by atoms with Crippen molar-refractivity contribution in [3.63, 3.8) is 0 Å². The van der Waals surface area contributed by atoms with E-state index in [9.17, 15) is 26.6 Å². The number of rotatable bonds is 3. The van der Waals surface area contributed by atoms with Crippen LogP contribution in [0.2, 0.25) is 0 Å². The summed E-state index contributed by atoms with van der Waals surface area (Å²) in [6.07, 6.45) is -4.70. The van der Waals surface area contributed by atoms with Gasteiger partial charge in [-0.1, -0.05) is 12.1 Å². The number of hydrogen-bond acceptors (Lipinski definition) is 3. The van der Waals surface area contributed by atoms with Gasteiger partial charge < -0.3 is 5.32 Å². The first-order valence-electron chi connectivity index (χ1n) is 8.43. The number of halogens is 4. The van der Waals surface area contributed by atoms with Crippen molar-refractivity contribution in [2.75, 3.05) is 5.32 Å². The second kappa shape index (κ2) is 7.11. The van der Waals surface area contributed by atoms with Gasteiger partial charge in [-0.3, -0.25) is 9.00 Å². The predicted molar refractivity (Wildman–Crippen MR) is 98.5 cm³/mol. The van der Waals surface area contributed by atoms with E-state index in [0.717, 1.165) is 12.1 Å².